The van der Waals surface area contributed by atoms with Crippen LogP contribution < -0.4 is 0 Å². The zero-order valence-corrected chi connectivity index (χ0v) is 11.9. The van der Waals surface area contributed by atoms with Gasteiger partial charge in [0.15, 0.2) is 0 Å². The highest BCUT2D eigenvalue weighted by Gasteiger charge is 2.33. The minimum atomic E-state index is -4.26. The van der Waals surface area contributed by atoms with Gasteiger partial charge in [-0.3, -0.25) is 4.90 Å². The van der Waals surface area contributed by atoms with Crippen LogP contribution in [0.25, 0.3) is 0 Å². The second-order valence-electron chi connectivity index (χ2n) is 6.27. The molecule has 1 nitrogen and oxygen atoms in total. The van der Waals surface area contributed by atoms with Crippen molar-refractivity contribution in [2.24, 2.45) is 0 Å². The van der Waals surface area contributed by atoms with Gasteiger partial charge in [0, 0.05) is 18.6 Å². The molecule has 2 rings (SSSR count). The summed E-state index contributed by atoms with van der Waals surface area (Å²) in [6, 6.07) is 2.59. The lowest BCUT2D eigenvalue weighted by molar-refractivity contribution is -0.137. The topological polar surface area (TPSA) is 3.24 Å². The number of halogens is 3. The van der Waals surface area contributed by atoms with E-state index in [0.717, 1.165) is 29.7 Å². The van der Waals surface area contributed by atoms with E-state index in [2.05, 4.69) is 25.7 Å². The molecule has 0 unspecified atom stereocenters. The third-order valence-corrected chi connectivity index (χ3v) is 3.83. The molecular formula is C15H20F3N. The summed E-state index contributed by atoms with van der Waals surface area (Å²) >= 11 is 0. The molecule has 0 saturated heterocycles. The molecule has 4 heteroatoms. The zero-order valence-electron chi connectivity index (χ0n) is 11.9. The Hall–Kier alpha value is -1.03. The molecule has 1 aromatic carbocycles. The summed E-state index contributed by atoms with van der Waals surface area (Å²) in [6.07, 6.45) is -3.43. The largest absolute Gasteiger partial charge is 0.416 e. The van der Waals surface area contributed by atoms with Crippen LogP contribution in [0.2, 0.25) is 0 Å². The molecule has 0 aliphatic carbocycles. The molecule has 19 heavy (non-hydrogen) atoms. The van der Waals surface area contributed by atoms with E-state index in [-0.39, 0.29) is 5.54 Å². The third kappa shape index (κ3) is 2.94. The Morgan fingerprint density at radius 1 is 1.11 bits per heavy atom. The Labute approximate surface area is 112 Å². The van der Waals surface area contributed by atoms with E-state index in [1.165, 1.54) is 12.1 Å². The number of nitrogens with zero attached hydrogens (tertiary/aromatic N) is 1. The molecule has 106 valence electrons. The Balaban J connectivity index is 2.41. The van der Waals surface area contributed by atoms with Crippen LogP contribution in [0.5, 0.6) is 0 Å². The summed E-state index contributed by atoms with van der Waals surface area (Å²) in [7, 11) is 0. The molecule has 0 fully saturated rings. The summed E-state index contributed by atoms with van der Waals surface area (Å²) in [6.45, 7) is 9.57. The van der Waals surface area contributed by atoms with Gasteiger partial charge in [-0.1, -0.05) is 0 Å². The molecule has 0 atom stereocenters. The van der Waals surface area contributed by atoms with Gasteiger partial charge in [0.05, 0.1) is 5.56 Å². The van der Waals surface area contributed by atoms with Crippen molar-refractivity contribution in [2.75, 3.05) is 6.54 Å². The van der Waals surface area contributed by atoms with E-state index < -0.39 is 11.7 Å². The minimum absolute atomic E-state index is 0.0141. The van der Waals surface area contributed by atoms with E-state index in [0.29, 0.717) is 6.54 Å². The van der Waals surface area contributed by atoms with Crippen molar-refractivity contribution in [3.8, 4) is 0 Å². The van der Waals surface area contributed by atoms with E-state index in [4.69, 9.17) is 0 Å². The van der Waals surface area contributed by atoms with E-state index in [1.54, 1.807) is 6.92 Å². The summed E-state index contributed by atoms with van der Waals surface area (Å²) in [5.74, 6) is 0. The summed E-state index contributed by atoms with van der Waals surface area (Å²) in [5.41, 5.74) is 2.14. The van der Waals surface area contributed by atoms with Crippen molar-refractivity contribution in [3.05, 3.63) is 34.4 Å². The maximum atomic E-state index is 12.9. The van der Waals surface area contributed by atoms with E-state index >= 15 is 0 Å². The Bertz CT molecular complexity index is 483. The second-order valence-corrected chi connectivity index (χ2v) is 6.27. The van der Waals surface area contributed by atoms with Crippen LogP contribution in [0.3, 0.4) is 0 Å². The quantitative estimate of drug-likeness (QED) is 0.684. The lowest BCUT2D eigenvalue weighted by Gasteiger charge is -2.39. The van der Waals surface area contributed by atoms with Crippen LogP contribution in [-0.2, 0) is 19.1 Å². The predicted octanol–water partition coefficient (Wildman–Crippen LogP) is 4.17. The standard InChI is InChI=1S/C15H20F3N/c1-10-7-12(15(16,17)18)8-11-9-19(14(2,3)4)6-5-13(10)11/h7-8H,5-6,9H2,1-4H3. The highest BCUT2D eigenvalue weighted by Crippen LogP contribution is 2.35. The van der Waals surface area contributed by atoms with Crippen molar-refractivity contribution in [1.29, 1.82) is 0 Å². The number of fused-ring (bicyclic) bond motifs is 1. The molecule has 0 saturated carbocycles. The van der Waals surface area contributed by atoms with Gasteiger partial charge >= 0.3 is 6.18 Å². The number of hydrogen-bond donors (Lipinski definition) is 0. The SMILES string of the molecule is Cc1cc(C(F)(F)F)cc2c1CCN(C(C)(C)C)C2. The minimum Gasteiger partial charge on any atom is -0.294 e. The fraction of sp³-hybridized carbons (Fsp3) is 0.600. The summed E-state index contributed by atoms with van der Waals surface area (Å²) in [4.78, 5) is 2.23. The maximum absolute atomic E-state index is 12.9. The van der Waals surface area contributed by atoms with Crippen LogP contribution in [0.1, 0.15) is 43.0 Å². The number of rotatable bonds is 0. The maximum Gasteiger partial charge on any atom is 0.416 e. The molecule has 0 bridgehead atoms. The van der Waals surface area contributed by atoms with Crippen molar-refractivity contribution in [3.63, 3.8) is 0 Å². The van der Waals surface area contributed by atoms with Gasteiger partial charge in [-0.15, -0.1) is 0 Å². The molecule has 1 aliphatic heterocycles. The van der Waals surface area contributed by atoms with Gasteiger partial charge < -0.3 is 0 Å². The Morgan fingerprint density at radius 2 is 1.74 bits per heavy atom. The first kappa shape index (κ1) is 14.4. The Morgan fingerprint density at radius 3 is 2.26 bits per heavy atom. The molecule has 0 amide bonds. The lowest BCUT2D eigenvalue weighted by Crippen LogP contribution is -2.44. The first-order valence-electron chi connectivity index (χ1n) is 6.53. The van der Waals surface area contributed by atoms with Crippen LogP contribution in [-0.4, -0.2) is 17.0 Å². The smallest absolute Gasteiger partial charge is 0.294 e. The monoisotopic (exact) mass is 271 g/mol. The zero-order chi connectivity index (χ0) is 14.4. The molecular weight excluding hydrogens is 251 g/mol. The van der Waals surface area contributed by atoms with Crippen LogP contribution in [0.15, 0.2) is 12.1 Å². The number of hydrogen-bond acceptors (Lipinski definition) is 1. The van der Waals surface area contributed by atoms with Crippen LogP contribution in [0, 0.1) is 6.92 Å². The first-order valence-corrected chi connectivity index (χ1v) is 6.53. The first-order chi connectivity index (χ1) is 8.59. The van der Waals surface area contributed by atoms with Crippen LogP contribution >= 0.6 is 0 Å². The van der Waals surface area contributed by atoms with E-state index in [1.807, 2.05) is 0 Å². The average Bonchev–Trinajstić information content (AvgIpc) is 2.25. The molecule has 1 heterocycles. The predicted molar refractivity (Wildman–Crippen MR) is 70.0 cm³/mol. The molecule has 0 aromatic heterocycles. The van der Waals surface area contributed by atoms with Crippen molar-refractivity contribution >= 4 is 0 Å². The molecule has 0 radical (unpaired) electrons. The van der Waals surface area contributed by atoms with E-state index in [9.17, 15) is 13.2 Å². The highest BCUT2D eigenvalue weighted by molar-refractivity contribution is 5.41. The van der Waals surface area contributed by atoms with Crippen molar-refractivity contribution in [2.45, 2.75) is 52.4 Å². The second kappa shape index (κ2) is 4.51. The molecule has 0 N–H and O–H groups in total. The number of benzene rings is 1. The van der Waals surface area contributed by atoms with Crippen molar-refractivity contribution < 1.29 is 13.2 Å². The van der Waals surface area contributed by atoms with Gasteiger partial charge in [0.1, 0.15) is 0 Å². The number of aryl methyl sites for hydroxylation is 1. The molecule has 0 spiro atoms. The summed E-state index contributed by atoms with van der Waals surface area (Å²) < 4.78 is 38.6. The third-order valence-electron chi connectivity index (χ3n) is 3.83. The average molecular weight is 271 g/mol. The van der Waals surface area contributed by atoms with Gasteiger partial charge in [0.25, 0.3) is 0 Å². The van der Waals surface area contributed by atoms with Gasteiger partial charge in [0.2, 0.25) is 0 Å². The van der Waals surface area contributed by atoms with Gasteiger partial charge in [-0.05, 0) is 62.9 Å². The fourth-order valence-corrected chi connectivity index (χ4v) is 2.66. The normalized spacial score (nSPS) is 17.4. The summed E-state index contributed by atoms with van der Waals surface area (Å²) in [5, 5.41) is 0. The van der Waals surface area contributed by atoms with Gasteiger partial charge in [-0.2, -0.15) is 13.2 Å². The number of alkyl halides is 3. The van der Waals surface area contributed by atoms with Crippen molar-refractivity contribution in [1.82, 2.24) is 4.90 Å². The molecule has 1 aromatic rings. The lowest BCUT2D eigenvalue weighted by atomic mass is 9.90. The highest BCUT2D eigenvalue weighted by atomic mass is 19.4. The Kier molecular flexibility index (Phi) is 3.42. The molecule has 1 aliphatic rings. The van der Waals surface area contributed by atoms with Crippen LogP contribution in [0.4, 0.5) is 13.2 Å². The fourth-order valence-electron chi connectivity index (χ4n) is 2.66. The van der Waals surface area contributed by atoms with Gasteiger partial charge in [-0.25, -0.2) is 0 Å².